The Kier molecular flexibility index (Phi) is 3.89. The quantitative estimate of drug-likeness (QED) is 0.496. The summed E-state index contributed by atoms with van der Waals surface area (Å²) in [6.07, 6.45) is 0. The number of benzene rings is 1. The number of hydrogen-bond donors (Lipinski definition) is 2. The molecule has 0 fully saturated rings. The van der Waals surface area contributed by atoms with Crippen LogP contribution in [0.1, 0.15) is 5.56 Å². The van der Waals surface area contributed by atoms with Gasteiger partial charge < -0.3 is 5.11 Å². The van der Waals surface area contributed by atoms with Gasteiger partial charge in [0.2, 0.25) is 0 Å². The number of aliphatic hydroxyl groups is 1. The first kappa shape index (κ1) is 11.8. The molecular formula is C10H6BrClN2O. The van der Waals surface area contributed by atoms with Gasteiger partial charge in [0.25, 0.3) is 0 Å². The second-order valence-electron chi connectivity index (χ2n) is 2.66. The van der Waals surface area contributed by atoms with E-state index in [1.54, 1.807) is 30.3 Å². The molecule has 1 aromatic rings. The lowest BCUT2D eigenvalue weighted by molar-refractivity contribution is 0.510. The van der Waals surface area contributed by atoms with Crippen molar-refractivity contribution in [1.29, 1.82) is 10.7 Å². The van der Waals surface area contributed by atoms with E-state index in [1.165, 1.54) is 0 Å². The predicted molar refractivity (Wildman–Crippen MR) is 63.3 cm³/mol. The third-order valence-electron chi connectivity index (χ3n) is 1.69. The van der Waals surface area contributed by atoms with Gasteiger partial charge in [-0.2, -0.15) is 5.26 Å². The number of nitrogens with zero attached hydrogens (tertiary/aromatic N) is 1. The van der Waals surface area contributed by atoms with Crippen molar-refractivity contribution in [3.8, 4) is 6.07 Å². The molecule has 0 bridgehead atoms. The number of nitriles is 1. The first-order valence-electron chi connectivity index (χ1n) is 3.90. The minimum atomic E-state index is -0.240. The third-order valence-corrected chi connectivity index (χ3v) is 2.33. The van der Waals surface area contributed by atoms with Gasteiger partial charge in [-0.05, 0) is 40.2 Å². The number of nitrogens with one attached hydrogen (secondary N) is 1. The molecule has 3 nitrogen and oxygen atoms in total. The molecule has 0 heterocycles. The lowest BCUT2D eigenvalue weighted by atomic mass is 10.1. The maximum Gasteiger partial charge on any atom is 0.143 e. The van der Waals surface area contributed by atoms with Crippen LogP contribution in [-0.4, -0.2) is 9.73 Å². The van der Waals surface area contributed by atoms with Gasteiger partial charge in [-0.25, -0.2) is 0 Å². The molecule has 0 aromatic heterocycles. The average Bonchev–Trinajstić information content (AvgIpc) is 2.19. The van der Waals surface area contributed by atoms with E-state index in [9.17, 15) is 5.11 Å². The lowest BCUT2D eigenvalue weighted by Gasteiger charge is -2.02. The summed E-state index contributed by atoms with van der Waals surface area (Å²) in [6.45, 7) is 0. The van der Waals surface area contributed by atoms with Crippen LogP contribution in [0, 0.1) is 16.7 Å². The molecule has 15 heavy (non-hydrogen) atoms. The lowest BCUT2D eigenvalue weighted by Crippen LogP contribution is -1.95. The van der Waals surface area contributed by atoms with Crippen molar-refractivity contribution in [3.05, 3.63) is 40.4 Å². The van der Waals surface area contributed by atoms with Crippen LogP contribution in [-0.2, 0) is 0 Å². The minimum Gasteiger partial charge on any atom is -0.506 e. The van der Waals surface area contributed by atoms with Crippen molar-refractivity contribution in [2.45, 2.75) is 0 Å². The summed E-state index contributed by atoms with van der Waals surface area (Å²) in [7, 11) is 0. The molecule has 0 radical (unpaired) electrons. The largest absolute Gasteiger partial charge is 0.506 e. The smallest absolute Gasteiger partial charge is 0.143 e. The van der Waals surface area contributed by atoms with Crippen LogP contribution >= 0.6 is 27.5 Å². The fourth-order valence-electron chi connectivity index (χ4n) is 0.958. The average molecular weight is 286 g/mol. The van der Waals surface area contributed by atoms with Crippen LogP contribution in [0.2, 0.25) is 5.02 Å². The molecule has 0 aliphatic heterocycles. The summed E-state index contributed by atoms with van der Waals surface area (Å²) in [6, 6.07) is 8.08. The summed E-state index contributed by atoms with van der Waals surface area (Å²) in [5, 5.41) is 26.2. The zero-order valence-corrected chi connectivity index (χ0v) is 9.80. The van der Waals surface area contributed by atoms with Crippen molar-refractivity contribution >= 4 is 37.9 Å². The van der Waals surface area contributed by atoms with E-state index in [4.69, 9.17) is 22.3 Å². The number of rotatable bonds is 2. The molecule has 0 atom stereocenters. The highest BCUT2D eigenvalue weighted by Crippen LogP contribution is 2.20. The molecule has 1 rings (SSSR count). The Morgan fingerprint density at radius 3 is 2.33 bits per heavy atom. The van der Waals surface area contributed by atoms with Crippen LogP contribution in [0.15, 0.2) is 29.8 Å². The highest BCUT2D eigenvalue weighted by molar-refractivity contribution is 9.18. The molecular weight excluding hydrogens is 279 g/mol. The Morgan fingerprint density at radius 2 is 1.93 bits per heavy atom. The first-order valence-corrected chi connectivity index (χ1v) is 5.07. The molecule has 1 aromatic carbocycles. The van der Waals surface area contributed by atoms with E-state index >= 15 is 0 Å². The minimum absolute atomic E-state index is 0.114. The first-order chi connectivity index (χ1) is 7.06. The Morgan fingerprint density at radius 1 is 1.40 bits per heavy atom. The Hall–Kier alpha value is -1.31. The molecule has 0 spiro atoms. The van der Waals surface area contributed by atoms with Crippen LogP contribution in [0.4, 0.5) is 0 Å². The van der Waals surface area contributed by atoms with Crippen molar-refractivity contribution in [3.63, 3.8) is 0 Å². The zero-order chi connectivity index (χ0) is 11.4. The van der Waals surface area contributed by atoms with Gasteiger partial charge in [-0.1, -0.05) is 11.6 Å². The predicted octanol–water partition coefficient (Wildman–Crippen LogP) is 3.50. The van der Waals surface area contributed by atoms with Gasteiger partial charge in [-0.15, -0.1) is 0 Å². The standard InChI is InChI=1S/C10H6BrClN2O/c11-10(14)8(5-13)9(15)6-1-3-7(12)4-2-6/h1-4,14-15H/b9-8-,14-10?. The van der Waals surface area contributed by atoms with E-state index < -0.39 is 0 Å². The van der Waals surface area contributed by atoms with Crippen LogP contribution < -0.4 is 0 Å². The fraction of sp³-hybridized carbons (Fsp3) is 0. The molecule has 76 valence electrons. The highest BCUT2D eigenvalue weighted by atomic mass is 79.9. The molecule has 0 aliphatic carbocycles. The summed E-state index contributed by atoms with van der Waals surface area (Å²) >= 11 is 8.51. The van der Waals surface area contributed by atoms with Gasteiger partial charge in [0.15, 0.2) is 0 Å². The van der Waals surface area contributed by atoms with E-state index in [0.717, 1.165) is 0 Å². The second-order valence-corrected chi connectivity index (χ2v) is 3.89. The van der Waals surface area contributed by atoms with Crippen LogP contribution in [0.5, 0.6) is 0 Å². The third kappa shape index (κ3) is 2.82. The maximum atomic E-state index is 9.68. The van der Waals surface area contributed by atoms with Crippen LogP contribution in [0.25, 0.3) is 5.76 Å². The SMILES string of the molecule is N#C/C(C(=N)Br)=C(/O)c1ccc(Cl)cc1. The summed E-state index contributed by atoms with van der Waals surface area (Å²) in [4.78, 5) is 0. The van der Waals surface area contributed by atoms with Gasteiger partial charge in [-0.3, -0.25) is 5.41 Å². The number of hydrogen-bond acceptors (Lipinski definition) is 3. The van der Waals surface area contributed by atoms with Gasteiger partial charge in [0.05, 0.1) is 0 Å². The molecule has 0 saturated carbocycles. The molecule has 0 amide bonds. The molecule has 0 unspecified atom stereocenters. The van der Waals surface area contributed by atoms with E-state index in [1.807, 2.05) is 0 Å². The van der Waals surface area contributed by atoms with Gasteiger partial charge >= 0.3 is 0 Å². The highest BCUT2D eigenvalue weighted by Gasteiger charge is 2.10. The Bertz CT molecular complexity index is 459. The van der Waals surface area contributed by atoms with Crippen molar-refractivity contribution in [1.82, 2.24) is 0 Å². The zero-order valence-electron chi connectivity index (χ0n) is 7.46. The number of aliphatic hydroxyl groups excluding tert-OH is 1. The molecule has 2 N–H and O–H groups in total. The summed E-state index contributed by atoms with van der Waals surface area (Å²) in [5.74, 6) is -0.240. The fourth-order valence-corrected chi connectivity index (χ4v) is 1.36. The summed E-state index contributed by atoms with van der Waals surface area (Å²) in [5.41, 5.74) is 0.331. The van der Waals surface area contributed by atoms with Crippen molar-refractivity contribution in [2.24, 2.45) is 0 Å². The maximum absolute atomic E-state index is 9.68. The normalized spacial score (nSPS) is 11.5. The van der Waals surface area contributed by atoms with E-state index in [-0.39, 0.29) is 16.0 Å². The molecule has 0 aliphatic rings. The topological polar surface area (TPSA) is 67.9 Å². The van der Waals surface area contributed by atoms with Crippen LogP contribution in [0.3, 0.4) is 0 Å². The van der Waals surface area contributed by atoms with Gasteiger partial charge in [0.1, 0.15) is 22.0 Å². The Balaban J connectivity index is 3.24. The monoisotopic (exact) mass is 284 g/mol. The summed E-state index contributed by atoms with van der Waals surface area (Å²) < 4.78 is -0.155. The van der Waals surface area contributed by atoms with Crippen molar-refractivity contribution in [2.75, 3.05) is 0 Å². The van der Waals surface area contributed by atoms with Gasteiger partial charge in [0, 0.05) is 10.6 Å². The number of allylic oxidation sites excluding steroid dienone is 1. The molecule has 0 saturated heterocycles. The van der Waals surface area contributed by atoms with E-state index in [0.29, 0.717) is 10.6 Å². The number of halogens is 2. The molecule has 5 heteroatoms. The Labute approximate surface area is 100 Å². The van der Waals surface area contributed by atoms with Crippen molar-refractivity contribution < 1.29 is 5.11 Å². The van der Waals surface area contributed by atoms with E-state index in [2.05, 4.69) is 15.9 Å². The second kappa shape index (κ2) is 4.96.